The van der Waals surface area contributed by atoms with Gasteiger partial charge in [-0.25, -0.2) is 9.18 Å². The fraction of sp³-hybridized carbons (Fsp3) is 0.417. The summed E-state index contributed by atoms with van der Waals surface area (Å²) in [6, 6.07) is 2.89. The van der Waals surface area contributed by atoms with Gasteiger partial charge >= 0.3 is 5.97 Å². The molecule has 1 aromatic carbocycles. The average Bonchev–Trinajstić information content (AvgIpc) is 2.76. The molecular formula is C12H15FN2O2. The minimum Gasteiger partial charge on any atom is -0.478 e. The average molecular weight is 238 g/mol. The molecule has 0 amide bonds. The van der Waals surface area contributed by atoms with Crippen molar-refractivity contribution in [2.45, 2.75) is 31.7 Å². The van der Waals surface area contributed by atoms with E-state index in [-0.39, 0.29) is 17.3 Å². The number of aromatic carboxylic acids is 1. The van der Waals surface area contributed by atoms with Gasteiger partial charge in [0.25, 0.3) is 0 Å². The van der Waals surface area contributed by atoms with Crippen molar-refractivity contribution >= 4 is 17.3 Å². The van der Waals surface area contributed by atoms with Gasteiger partial charge < -0.3 is 16.2 Å². The Hall–Kier alpha value is -1.78. The molecule has 4 nitrogen and oxygen atoms in total. The number of hydrogen-bond donors (Lipinski definition) is 3. The zero-order chi connectivity index (χ0) is 12.4. The molecule has 92 valence electrons. The second-order valence-corrected chi connectivity index (χ2v) is 4.31. The molecule has 0 aromatic heterocycles. The number of carboxylic acid groups (broad SMARTS) is 1. The van der Waals surface area contributed by atoms with E-state index in [4.69, 9.17) is 10.8 Å². The van der Waals surface area contributed by atoms with E-state index in [0.29, 0.717) is 5.69 Å². The van der Waals surface area contributed by atoms with Crippen LogP contribution in [0.15, 0.2) is 12.1 Å². The molecule has 4 N–H and O–H groups in total. The Morgan fingerprint density at radius 2 is 2.06 bits per heavy atom. The number of carbonyl (C=O) groups is 1. The number of nitrogens with one attached hydrogen (secondary N) is 1. The molecule has 0 unspecified atom stereocenters. The number of halogens is 1. The van der Waals surface area contributed by atoms with E-state index in [0.717, 1.165) is 25.7 Å². The monoisotopic (exact) mass is 238 g/mol. The minimum atomic E-state index is -1.21. The number of hydrogen-bond acceptors (Lipinski definition) is 3. The molecule has 0 aliphatic heterocycles. The number of benzene rings is 1. The first-order valence-electron chi connectivity index (χ1n) is 5.67. The van der Waals surface area contributed by atoms with Gasteiger partial charge in [-0.3, -0.25) is 0 Å². The lowest BCUT2D eigenvalue weighted by Gasteiger charge is -2.16. The smallest absolute Gasteiger partial charge is 0.340 e. The molecule has 1 saturated carbocycles. The summed E-state index contributed by atoms with van der Waals surface area (Å²) in [5.74, 6) is -1.90. The van der Waals surface area contributed by atoms with Crippen molar-refractivity contribution in [3.8, 4) is 0 Å². The molecule has 0 bridgehead atoms. The summed E-state index contributed by atoms with van der Waals surface area (Å²) in [6.45, 7) is 0. The Morgan fingerprint density at radius 3 is 2.65 bits per heavy atom. The minimum absolute atomic E-state index is 0.170. The first-order valence-corrected chi connectivity index (χ1v) is 5.67. The van der Waals surface area contributed by atoms with Crippen LogP contribution in [-0.4, -0.2) is 17.1 Å². The van der Waals surface area contributed by atoms with Crippen LogP contribution in [0.25, 0.3) is 0 Å². The topological polar surface area (TPSA) is 75.3 Å². The lowest BCUT2D eigenvalue weighted by molar-refractivity contribution is 0.0698. The Morgan fingerprint density at radius 1 is 1.41 bits per heavy atom. The van der Waals surface area contributed by atoms with Gasteiger partial charge in [-0.05, 0) is 25.0 Å². The molecular weight excluding hydrogens is 223 g/mol. The number of carboxylic acids is 1. The lowest BCUT2D eigenvalue weighted by atomic mass is 10.1. The molecule has 1 aliphatic carbocycles. The van der Waals surface area contributed by atoms with Gasteiger partial charge in [0.2, 0.25) is 0 Å². The number of anilines is 2. The summed E-state index contributed by atoms with van der Waals surface area (Å²) >= 11 is 0. The van der Waals surface area contributed by atoms with Crippen LogP contribution in [0.3, 0.4) is 0 Å². The van der Waals surface area contributed by atoms with Gasteiger partial charge in [0.1, 0.15) is 11.4 Å². The maximum atomic E-state index is 13.2. The van der Waals surface area contributed by atoms with Crippen LogP contribution in [0.4, 0.5) is 15.8 Å². The van der Waals surface area contributed by atoms with E-state index in [9.17, 15) is 9.18 Å². The van der Waals surface area contributed by atoms with Gasteiger partial charge in [0.15, 0.2) is 0 Å². The van der Waals surface area contributed by atoms with Crippen LogP contribution in [-0.2, 0) is 0 Å². The molecule has 1 aliphatic rings. The van der Waals surface area contributed by atoms with Gasteiger partial charge in [-0.2, -0.15) is 0 Å². The normalized spacial score (nSPS) is 16.1. The second-order valence-electron chi connectivity index (χ2n) is 4.31. The van der Waals surface area contributed by atoms with Gasteiger partial charge in [0, 0.05) is 6.04 Å². The van der Waals surface area contributed by atoms with E-state index in [1.807, 2.05) is 0 Å². The summed E-state index contributed by atoms with van der Waals surface area (Å²) in [5.41, 5.74) is 5.39. The van der Waals surface area contributed by atoms with Crippen LogP contribution >= 0.6 is 0 Å². The first kappa shape index (κ1) is 11.7. The summed E-state index contributed by atoms with van der Waals surface area (Å²) in [7, 11) is 0. The van der Waals surface area contributed by atoms with Crippen molar-refractivity contribution in [2.24, 2.45) is 0 Å². The van der Waals surface area contributed by atoms with Gasteiger partial charge in [-0.1, -0.05) is 12.8 Å². The van der Waals surface area contributed by atoms with Crippen molar-refractivity contribution in [3.63, 3.8) is 0 Å². The fourth-order valence-electron chi connectivity index (χ4n) is 2.23. The van der Waals surface area contributed by atoms with E-state index in [1.165, 1.54) is 12.1 Å². The lowest BCUT2D eigenvalue weighted by Crippen LogP contribution is -2.18. The zero-order valence-corrected chi connectivity index (χ0v) is 9.37. The van der Waals surface area contributed by atoms with Crippen LogP contribution in [0, 0.1) is 5.82 Å². The molecule has 2 rings (SSSR count). The molecule has 0 atom stereocenters. The SMILES string of the molecule is Nc1c(F)ccc(NC2CCCC2)c1C(=O)O. The predicted octanol–water partition coefficient (Wildman–Crippen LogP) is 2.46. The Bertz CT molecular complexity index is 442. The first-order chi connectivity index (χ1) is 8.09. The third-order valence-corrected chi connectivity index (χ3v) is 3.12. The third kappa shape index (κ3) is 2.33. The number of nitrogen functional groups attached to an aromatic ring is 1. The van der Waals surface area contributed by atoms with Crippen LogP contribution in [0.5, 0.6) is 0 Å². The van der Waals surface area contributed by atoms with E-state index < -0.39 is 11.8 Å². The van der Waals surface area contributed by atoms with Crippen LogP contribution in [0.1, 0.15) is 36.0 Å². The van der Waals surface area contributed by atoms with Crippen LogP contribution in [0.2, 0.25) is 0 Å². The highest BCUT2D eigenvalue weighted by Gasteiger charge is 2.21. The van der Waals surface area contributed by atoms with E-state index >= 15 is 0 Å². The van der Waals surface area contributed by atoms with Gasteiger partial charge in [-0.15, -0.1) is 0 Å². The largest absolute Gasteiger partial charge is 0.478 e. The Labute approximate surface area is 98.6 Å². The predicted molar refractivity (Wildman–Crippen MR) is 63.7 cm³/mol. The van der Waals surface area contributed by atoms with Gasteiger partial charge in [0.05, 0.1) is 11.4 Å². The maximum Gasteiger partial charge on any atom is 0.340 e. The number of rotatable bonds is 3. The quantitative estimate of drug-likeness (QED) is 0.707. The Balaban J connectivity index is 2.32. The summed E-state index contributed by atoms with van der Waals surface area (Å²) in [6.07, 6.45) is 4.29. The molecule has 17 heavy (non-hydrogen) atoms. The van der Waals surface area contributed by atoms with E-state index in [2.05, 4.69) is 5.32 Å². The molecule has 1 fully saturated rings. The summed E-state index contributed by atoms with van der Waals surface area (Å²) in [4.78, 5) is 11.1. The number of nitrogens with two attached hydrogens (primary N) is 1. The van der Waals surface area contributed by atoms with Crippen LogP contribution < -0.4 is 11.1 Å². The van der Waals surface area contributed by atoms with Crippen molar-refractivity contribution in [1.82, 2.24) is 0 Å². The van der Waals surface area contributed by atoms with Crippen molar-refractivity contribution in [2.75, 3.05) is 11.1 Å². The summed E-state index contributed by atoms with van der Waals surface area (Å²) in [5, 5.41) is 12.2. The Kier molecular flexibility index (Phi) is 3.17. The van der Waals surface area contributed by atoms with E-state index in [1.54, 1.807) is 0 Å². The van der Waals surface area contributed by atoms with Crippen molar-refractivity contribution in [3.05, 3.63) is 23.5 Å². The highest BCUT2D eigenvalue weighted by atomic mass is 19.1. The molecule has 0 heterocycles. The molecule has 0 radical (unpaired) electrons. The standard InChI is InChI=1S/C12H15FN2O2/c13-8-5-6-9(10(11(8)14)12(16)17)15-7-3-1-2-4-7/h5-7,15H,1-4,14H2,(H,16,17). The fourth-order valence-corrected chi connectivity index (χ4v) is 2.23. The van der Waals surface area contributed by atoms with Crippen molar-refractivity contribution < 1.29 is 14.3 Å². The highest BCUT2D eigenvalue weighted by Crippen LogP contribution is 2.28. The molecule has 5 heteroatoms. The maximum absolute atomic E-state index is 13.2. The molecule has 0 spiro atoms. The third-order valence-electron chi connectivity index (χ3n) is 3.12. The summed E-state index contributed by atoms with van der Waals surface area (Å²) < 4.78 is 13.2. The highest BCUT2D eigenvalue weighted by molar-refractivity contribution is 6.00. The van der Waals surface area contributed by atoms with Crippen molar-refractivity contribution in [1.29, 1.82) is 0 Å². The molecule has 1 aromatic rings. The second kappa shape index (κ2) is 4.61. The molecule has 0 saturated heterocycles. The zero-order valence-electron chi connectivity index (χ0n) is 9.37.